The molecule has 0 saturated carbocycles. The fraction of sp³-hybridized carbons (Fsp3) is 0.423. The molecule has 0 radical (unpaired) electrons. The van der Waals surface area contributed by atoms with Crippen molar-refractivity contribution in [3.63, 3.8) is 0 Å². The molecule has 2 N–H and O–H groups in total. The Hall–Kier alpha value is -3.00. The lowest BCUT2D eigenvalue weighted by Crippen LogP contribution is -2.35. The van der Waals surface area contributed by atoms with Gasteiger partial charge in [-0.3, -0.25) is 14.4 Å². The van der Waals surface area contributed by atoms with Gasteiger partial charge < -0.3 is 20.3 Å². The summed E-state index contributed by atoms with van der Waals surface area (Å²) < 4.78 is 5.89. The van der Waals surface area contributed by atoms with Gasteiger partial charge in [0.1, 0.15) is 5.75 Å². The summed E-state index contributed by atoms with van der Waals surface area (Å²) in [4.78, 5) is 39.3. The Labute approximate surface area is 205 Å². The second-order valence-electron chi connectivity index (χ2n) is 8.35. The Bertz CT molecular complexity index is 990. The Morgan fingerprint density at radius 1 is 1.06 bits per heavy atom. The van der Waals surface area contributed by atoms with Crippen molar-refractivity contribution < 1.29 is 19.1 Å². The summed E-state index contributed by atoms with van der Waals surface area (Å²) in [5.41, 5.74) is 1.59. The second kappa shape index (κ2) is 12.5. The minimum Gasteiger partial charge on any atom is -0.483 e. The lowest BCUT2D eigenvalue weighted by atomic mass is 10.0. The van der Waals surface area contributed by atoms with Crippen molar-refractivity contribution in [1.29, 1.82) is 0 Å². The minimum absolute atomic E-state index is 0.000990. The van der Waals surface area contributed by atoms with Crippen molar-refractivity contribution in [2.75, 3.05) is 25.0 Å². The quantitative estimate of drug-likeness (QED) is 0.489. The molecule has 1 heterocycles. The third-order valence-corrected chi connectivity index (χ3v) is 6.80. The van der Waals surface area contributed by atoms with E-state index in [1.807, 2.05) is 67.3 Å². The molecule has 8 heteroatoms. The summed E-state index contributed by atoms with van der Waals surface area (Å²) in [6, 6.07) is 14.7. The molecule has 3 amide bonds. The van der Waals surface area contributed by atoms with E-state index in [1.165, 1.54) is 18.7 Å². The van der Waals surface area contributed by atoms with Crippen LogP contribution in [-0.2, 0) is 14.4 Å². The molecule has 2 aromatic rings. The number of ether oxygens (including phenoxy) is 1. The first-order valence-electron chi connectivity index (χ1n) is 11.7. The van der Waals surface area contributed by atoms with Crippen LogP contribution in [0.2, 0.25) is 0 Å². The molecule has 0 bridgehead atoms. The van der Waals surface area contributed by atoms with E-state index in [0.29, 0.717) is 12.2 Å². The van der Waals surface area contributed by atoms with Crippen molar-refractivity contribution in [1.82, 2.24) is 10.2 Å². The van der Waals surface area contributed by atoms with Crippen molar-refractivity contribution in [2.45, 2.75) is 56.2 Å². The fourth-order valence-corrected chi connectivity index (χ4v) is 4.74. The molecule has 2 aromatic carbocycles. The second-order valence-corrected chi connectivity index (χ2v) is 9.76. The standard InChI is InChI=1S/C26H33N3O4S/c1-4-23(22-9-5-6-10-24(22)33-17-25(31)29-15-7-8-16-29)28-26(32)18(2)34-21-13-11-20(12-14-21)27-19(3)30/h5-6,9-14,18,23H,4,7-8,15-17H2,1-3H3,(H,27,30)(H,28,32). The number of nitrogens with one attached hydrogen (secondary N) is 2. The Morgan fingerprint density at radius 3 is 2.38 bits per heavy atom. The first-order chi connectivity index (χ1) is 16.4. The summed E-state index contributed by atoms with van der Waals surface area (Å²) in [7, 11) is 0. The molecule has 34 heavy (non-hydrogen) atoms. The Balaban J connectivity index is 1.59. The summed E-state index contributed by atoms with van der Waals surface area (Å²) >= 11 is 1.45. The Morgan fingerprint density at radius 2 is 1.74 bits per heavy atom. The van der Waals surface area contributed by atoms with Crippen LogP contribution in [0.15, 0.2) is 53.4 Å². The van der Waals surface area contributed by atoms with Crippen LogP contribution in [0.3, 0.4) is 0 Å². The predicted molar refractivity (Wildman–Crippen MR) is 135 cm³/mol. The maximum atomic E-state index is 13.0. The first-order valence-corrected chi connectivity index (χ1v) is 12.6. The van der Waals surface area contributed by atoms with Gasteiger partial charge in [0.25, 0.3) is 5.91 Å². The lowest BCUT2D eigenvalue weighted by molar-refractivity contribution is -0.132. The first kappa shape index (κ1) is 25.6. The number of likely N-dealkylation sites (tertiary alicyclic amines) is 1. The van der Waals surface area contributed by atoms with Crippen molar-refractivity contribution in [3.05, 3.63) is 54.1 Å². The Kier molecular flexibility index (Phi) is 9.39. The normalized spacial score (nSPS) is 14.9. The molecule has 1 aliphatic heterocycles. The average molecular weight is 484 g/mol. The molecular formula is C26H33N3O4S. The van der Waals surface area contributed by atoms with Gasteiger partial charge in [0.2, 0.25) is 11.8 Å². The van der Waals surface area contributed by atoms with Gasteiger partial charge in [0.05, 0.1) is 11.3 Å². The summed E-state index contributed by atoms with van der Waals surface area (Å²) in [6.07, 6.45) is 2.78. The number of nitrogens with zero attached hydrogens (tertiary/aromatic N) is 1. The van der Waals surface area contributed by atoms with Crippen LogP contribution in [0.1, 0.15) is 51.6 Å². The van der Waals surface area contributed by atoms with E-state index in [-0.39, 0.29) is 35.6 Å². The number of thioether (sulfide) groups is 1. The SMILES string of the molecule is CCC(NC(=O)C(C)Sc1ccc(NC(C)=O)cc1)c1ccccc1OCC(=O)N1CCCC1. The van der Waals surface area contributed by atoms with Crippen molar-refractivity contribution >= 4 is 35.2 Å². The highest BCUT2D eigenvalue weighted by Gasteiger charge is 2.23. The molecule has 0 aliphatic carbocycles. The van der Waals surface area contributed by atoms with Crippen LogP contribution >= 0.6 is 11.8 Å². The number of para-hydroxylation sites is 1. The molecule has 2 unspecified atom stereocenters. The van der Waals surface area contributed by atoms with E-state index in [4.69, 9.17) is 4.74 Å². The van der Waals surface area contributed by atoms with Gasteiger partial charge in [-0.05, 0) is 56.5 Å². The van der Waals surface area contributed by atoms with Crippen molar-refractivity contribution in [2.24, 2.45) is 0 Å². The highest BCUT2D eigenvalue weighted by Crippen LogP contribution is 2.29. The van der Waals surface area contributed by atoms with Crippen LogP contribution in [0.25, 0.3) is 0 Å². The van der Waals surface area contributed by atoms with Gasteiger partial charge >= 0.3 is 0 Å². The van der Waals surface area contributed by atoms with Crippen molar-refractivity contribution in [3.8, 4) is 5.75 Å². The zero-order chi connectivity index (χ0) is 24.5. The van der Waals surface area contributed by atoms with E-state index in [9.17, 15) is 14.4 Å². The molecule has 0 aromatic heterocycles. The van der Waals surface area contributed by atoms with Gasteiger partial charge in [0, 0.05) is 36.2 Å². The third kappa shape index (κ3) is 7.25. The third-order valence-electron chi connectivity index (χ3n) is 5.69. The summed E-state index contributed by atoms with van der Waals surface area (Å²) in [5.74, 6) is 0.421. The minimum atomic E-state index is -0.314. The molecular weight excluding hydrogens is 450 g/mol. The van der Waals surface area contributed by atoms with E-state index in [2.05, 4.69) is 10.6 Å². The van der Waals surface area contributed by atoms with E-state index >= 15 is 0 Å². The molecule has 0 spiro atoms. The number of carbonyl (C=O) groups excluding carboxylic acids is 3. The number of carbonyl (C=O) groups is 3. The summed E-state index contributed by atoms with van der Waals surface area (Å²) in [6.45, 7) is 6.93. The van der Waals surface area contributed by atoms with Gasteiger partial charge in [0.15, 0.2) is 6.61 Å². The highest BCUT2D eigenvalue weighted by molar-refractivity contribution is 8.00. The van der Waals surface area contributed by atoms with Gasteiger partial charge in [-0.15, -0.1) is 11.8 Å². The smallest absolute Gasteiger partial charge is 0.260 e. The number of rotatable bonds is 10. The molecule has 182 valence electrons. The number of anilines is 1. The monoisotopic (exact) mass is 483 g/mol. The summed E-state index contributed by atoms with van der Waals surface area (Å²) in [5, 5.41) is 5.55. The van der Waals surface area contributed by atoms with Crippen LogP contribution in [0.5, 0.6) is 5.75 Å². The topological polar surface area (TPSA) is 87.7 Å². The number of benzene rings is 2. The maximum absolute atomic E-state index is 13.0. The van der Waals surface area contributed by atoms with Gasteiger partial charge in [-0.25, -0.2) is 0 Å². The molecule has 1 fully saturated rings. The van der Waals surface area contributed by atoms with Crippen LogP contribution in [-0.4, -0.2) is 47.6 Å². The largest absolute Gasteiger partial charge is 0.483 e. The van der Waals surface area contributed by atoms with Gasteiger partial charge in [-0.2, -0.15) is 0 Å². The lowest BCUT2D eigenvalue weighted by Gasteiger charge is -2.23. The van der Waals surface area contributed by atoms with Crippen LogP contribution in [0.4, 0.5) is 5.69 Å². The fourth-order valence-electron chi connectivity index (χ4n) is 3.86. The van der Waals surface area contributed by atoms with Gasteiger partial charge in [-0.1, -0.05) is 25.1 Å². The van der Waals surface area contributed by atoms with Crippen LogP contribution in [0, 0.1) is 0 Å². The molecule has 1 saturated heterocycles. The van der Waals surface area contributed by atoms with E-state index in [1.54, 1.807) is 0 Å². The predicted octanol–water partition coefficient (Wildman–Crippen LogP) is 4.39. The number of hydrogen-bond acceptors (Lipinski definition) is 5. The number of hydrogen-bond donors (Lipinski definition) is 2. The molecule has 3 rings (SSSR count). The maximum Gasteiger partial charge on any atom is 0.260 e. The average Bonchev–Trinajstić information content (AvgIpc) is 3.37. The molecule has 1 aliphatic rings. The highest BCUT2D eigenvalue weighted by atomic mass is 32.2. The molecule has 2 atom stereocenters. The number of amides is 3. The van der Waals surface area contributed by atoms with E-state index in [0.717, 1.165) is 42.1 Å². The zero-order valence-electron chi connectivity index (χ0n) is 20.0. The van der Waals surface area contributed by atoms with E-state index < -0.39 is 0 Å². The van der Waals surface area contributed by atoms with Crippen LogP contribution < -0.4 is 15.4 Å². The molecule has 7 nitrogen and oxygen atoms in total. The zero-order valence-corrected chi connectivity index (χ0v) is 20.8.